The number of fused-ring (bicyclic) bond motifs is 1. The zero-order valence-electron chi connectivity index (χ0n) is 15.5. The van der Waals surface area contributed by atoms with Gasteiger partial charge in [-0.1, -0.05) is 30.3 Å². The van der Waals surface area contributed by atoms with Crippen LogP contribution in [-0.2, 0) is 14.2 Å². The molecule has 3 rings (SSSR count). The monoisotopic (exact) mass is 367 g/mol. The third kappa shape index (κ3) is 4.24. The average Bonchev–Trinajstić information content (AvgIpc) is 2.73. The molecule has 0 unspecified atom stereocenters. The van der Waals surface area contributed by atoms with E-state index in [1.54, 1.807) is 26.4 Å². The van der Waals surface area contributed by atoms with Gasteiger partial charge in [0, 0.05) is 25.2 Å². The Balaban J connectivity index is 1.97. The first kappa shape index (κ1) is 18.8. The highest BCUT2D eigenvalue weighted by Gasteiger charge is 2.13. The van der Waals surface area contributed by atoms with E-state index in [0.717, 1.165) is 22.0 Å². The molecular weight excluding hydrogens is 346 g/mol. The topological polar surface area (TPSA) is 66.9 Å². The molecule has 0 fully saturated rings. The van der Waals surface area contributed by atoms with E-state index in [4.69, 9.17) is 18.9 Å². The number of carbonyl (C=O) groups excluding carboxylic acids is 1. The number of aromatic nitrogens is 1. The lowest BCUT2D eigenvalue weighted by Crippen LogP contribution is -2.22. The number of hydrogen-bond donors (Lipinski definition) is 0. The molecule has 0 aliphatic rings. The summed E-state index contributed by atoms with van der Waals surface area (Å²) >= 11 is 0. The molecule has 0 aliphatic carbocycles. The van der Waals surface area contributed by atoms with Crippen molar-refractivity contribution in [1.29, 1.82) is 0 Å². The maximum Gasteiger partial charge on any atom is 0.337 e. The van der Waals surface area contributed by atoms with Gasteiger partial charge in [0.1, 0.15) is 6.61 Å². The number of pyridine rings is 1. The van der Waals surface area contributed by atoms with E-state index in [1.165, 1.54) is 7.11 Å². The molecule has 0 spiro atoms. The highest BCUT2D eigenvalue weighted by atomic mass is 16.7. The molecule has 0 saturated carbocycles. The maximum atomic E-state index is 11.6. The van der Waals surface area contributed by atoms with Gasteiger partial charge >= 0.3 is 5.97 Å². The predicted octanol–water partition coefficient (Wildman–Crippen LogP) is 3.69. The van der Waals surface area contributed by atoms with Gasteiger partial charge in [-0.15, -0.1) is 0 Å². The molecule has 1 aromatic heterocycles. The van der Waals surface area contributed by atoms with Gasteiger partial charge in [-0.05, 0) is 29.7 Å². The molecule has 0 saturated heterocycles. The summed E-state index contributed by atoms with van der Waals surface area (Å²) in [4.78, 5) is 16.3. The Morgan fingerprint density at radius 1 is 1.00 bits per heavy atom. The molecule has 6 heteroatoms. The van der Waals surface area contributed by atoms with Crippen molar-refractivity contribution < 1.29 is 23.7 Å². The molecule has 2 aromatic carbocycles. The van der Waals surface area contributed by atoms with Crippen LogP contribution in [0, 0.1) is 0 Å². The third-order valence-electron chi connectivity index (χ3n) is 4.19. The number of rotatable bonds is 7. The summed E-state index contributed by atoms with van der Waals surface area (Å²) in [6.07, 6.45) is -0.478. The van der Waals surface area contributed by atoms with Gasteiger partial charge in [-0.25, -0.2) is 9.78 Å². The highest BCUT2D eigenvalue weighted by Crippen LogP contribution is 2.29. The number of ether oxygens (including phenoxy) is 4. The van der Waals surface area contributed by atoms with E-state index in [-0.39, 0.29) is 12.6 Å². The standard InChI is InChI=1S/C21H21NO5/c1-24-19(25-2)13-27-20-17-7-5-4-6-16(17)12-18(22-20)14-8-10-15(11-9-14)21(23)26-3/h4-12,19H,13H2,1-3H3. The molecule has 0 atom stereocenters. The van der Waals surface area contributed by atoms with E-state index in [9.17, 15) is 4.79 Å². The first-order valence-electron chi connectivity index (χ1n) is 8.43. The number of methoxy groups -OCH3 is 3. The smallest absolute Gasteiger partial charge is 0.337 e. The third-order valence-corrected chi connectivity index (χ3v) is 4.19. The van der Waals surface area contributed by atoms with Crippen molar-refractivity contribution in [1.82, 2.24) is 4.98 Å². The fourth-order valence-corrected chi connectivity index (χ4v) is 2.70. The Bertz CT molecular complexity index is 920. The van der Waals surface area contributed by atoms with Gasteiger partial charge in [0.25, 0.3) is 0 Å². The van der Waals surface area contributed by atoms with Crippen molar-refractivity contribution in [2.75, 3.05) is 27.9 Å². The van der Waals surface area contributed by atoms with Gasteiger partial charge < -0.3 is 18.9 Å². The molecule has 140 valence electrons. The lowest BCUT2D eigenvalue weighted by atomic mass is 10.1. The highest BCUT2D eigenvalue weighted by molar-refractivity contribution is 5.91. The number of nitrogens with zero attached hydrogens (tertiary/aromatic N) is 1. The van der Waals surface area contributed by atoms with Crippen LogP contribution in [0.15, 0.2) is 54.6 Å². The summed E-state index contributed by atoms with van der Waals surface area (Å²) in [6, 6.07) is 16.9. The van der Waals surface area contributed by atoms with Crippen LogP contribution in [0.4, 0.5) is 0 Å². The van der Waals surface area contributed by atoms with E-state index in [2.05, 4.69) is 4.98 Å². The molecule has 0 N–H and O–H groups in total. The Morgan fingerprint density at radius 2 is 1.70 bits per heavy atom. The first-order valence-corrected chi connectivity index (χ1v) is 8.43. The van der Waals surface area contributed by atoms with Crippen LogP contribution in [0.2, 0.25) is 0 Å². The van der Waals surface area contributed by atoms with E-state index in [1.807, 2.05) is 42.5 Å². The van der Waals surface area contributed by atoms with Crippen LogP contribution in [-0.4, -0.2) is 45.2 Å². The first-order chi connectivity index (χ1) is 13.2. The molecular formula is C21H21NO5. The molecule has 0 radical (unpaired) electrons. The van der Waals surface area contributed by atoms with Gasteiger partial charge in [-0.2, -0.15) is 0 Å². The fourth-order valence-electron chi connectivity index (χ4n) is 2.70. The van der Waals surface area contributed by atoms with E-state index >= 15 is 0 Å². The zero-order chi connectivity index (χ0) is 19.2. The Labute approximate surface area is 157 Å². The van der Waals surface area contributed by atoms with Crippen molar-refractivity contribution in [3.05, 3.63) is 60.2 Å². The fraction of sp³-hybridized carbons (Fsp3) is 0.238. The normalized spacial score (nSPS) is 11.0. The van der Waals surface area contributed by atoms with E-state index < -0.39 is 6.29 Å². The van der Waals surface area contributed by atoms with E-state index in [0.29, 0.717) is 11.4 Å². The number of carbonyl (C=O) groups is 1. The Hall–Kier alpha value is -2.96. The SMILES string of the molecule is COC(=O)c1ccc(-c2cc3ccccc3c(OCC(OC)OC)n2)cc1. The predicted molar refractivity (Wildman–Crippen MR) is 102 cm³/mol. The second kappa shape index (κ2) is 8.62. The second-order valence-electron chi connectivity index (χ2n) is 5.81. The second-order valence-corrected chi connectivity index (χ2v) is 5.81. The van der Waals surface area contributed by atoms with Crippen molar-refractivity contribution in [3.8, 4) is 17.1 Å². The van der Waals surface area contributed by atoms with Gasteiger partial charge in [0.2, 0.25) is 5.88 Å². The number of hydrogen-bond acceptors (Lipinski definition) is 6. The summed E-state index contributed by atoms with van der Waals surface area (Å²) in [7, 11) is 4.47. The largest absolute Gasteiger partial charge is 0.472 e. The average molecular weight is 367 g/mol. The molecule has 3 aromatic rings. The van der Waals surface area contributed by atoms with Crippen LogP contribution in [0.25, 0.3) is 22.0 Å². The van der Waals surface area contributed by atoms with Gasteiger partial charge in [0.15, 0.2) is 6.29 Å². The molecule has 6 nitrogen and oxygen atoms in total. The molecule has 1 heterocycles. The van der Waals surface area contributed by atoms with Crippen LogP contribution >= 0.6 is 0 Å². The molecule has 27 heavy (non-hydrogen) atoms. The molecule has 0 bridgehead atoms. The summed E-state index contributed by atoms with van der Waals surface area (Å²) < 4.78 is 21.0. The van der Waals surface area contributed by atoms with Gasteiger partial charge in [0.05, 0.1) is 18.4 Å². The van der Waals surface area contributed by atoms with Crippen molar-refractivity contribution in [3.63, 3.8) is 0 Å². The van der Waals surface area contributed by atoms with Crippen molar-refractivity contribution >= 4 is 16.7 Å². The van der Waals surface area contributed by atoms with Crippen LogP contribution < -0.4 is 4.74 Å². The zero-order valence-corrected chi connectivity index (χ0v) is 15.5. The minimum Gasteiger partial charge on any atom is -0.472 e. The van der Waals surface area contributed by atoms with Crippen molar-refractivity contribution in [2.45, 2.75) is 6.29 Å². The van der Waals surface area contributed by atoms with Crippen LogP contribution in [0.5, 0.6) is 5.88 Å². The Morgan fingerprint density at radius 3 is 2.37 bits per heavy atom. The summed E-state index contributed by atoms with van der Waals surface area (Å²) in [6.45, 7) is 0.217. The number of benzene rings is 2. The molecule has 0 amide bonds. The minimum absolute atomic E-state index is 0.217. The summed E-state index contributed by atoms with van der Waals surface area (Å²) in [5, 5.41) is 1.90. The summed E-state index contributed by atoms with van der Waals surface area (Å²) in [5.74, 6) is 0.126. The van der Waals surface area contributed by atoms with Crippen molar-refractivity contribution in [2.24, 2.45) is 0 Å². The summed E-state index contributed by atoms with van der Waals surface area (Å²) in [5.41, 5.74) is 2.10. The maximum absolute atomic E-state index is 11.6. The Kier molecular flexibility index (Phi) is 6.01. The quantitative estimate of drug-likeness (QED) is 0.469. The number of esters is 1. The molecule has 0 aliphatic heterocycles. The lowest BCUT2D eigenvalue weighted by molar-refractivity contribution is -0.122. The lowest BCUT2D eigenvalue weighted by Gasteiger charge is -2.16. The minimum atomic E-state index is -0.478. The van der Waals surface area contributed by atoms with Crippen LogP contribution in [0.3, 0.4) is 0 Å². The van der Waals surface area contributed by atoms with Crippen LogP contribution in [0.1, 0.15) is 10.4 Å². The van der Waals surface area contributed by atoms with Gasteiger partial charge in [-0.3, -0.25) is 0 Å².